The van der Waals surface area contributed by atoms with Gasteiger partial charge in [0.15, 0.2) is 0 Å². The fourth-order valence-corrected chi connectivity index (χ4v) is 4.04. The number of amides is 1. The molecule has 0 aromatic heterocycles. The van der Waals surface area contributed by atoms with Crippen LogP contribution in [0.3, 0.4) is 0 Å². The summed E-state index contributed by atoms with van der Waals surface area (Å²) < 4.78 is 0. The van der Waals surface area contributed by atoms with E-state index in [1.807, 2.05) is 0 Å². The Bertz CT molecular complexity index is 515. The van der Waals surface area contributed by atoms with Crippen molar-refractivity contribution in [3.05, 3.63) is 35.9 Å². The average molecular weight is 416 g/mol. The molecule has 2 N–H and O–H groups in total. The number of nitrogens with zero attached hydrogens (tertiary/aromatic N) is 1. The molecule has 2 saturated heterocycles. The first kappa shape index (κ1) is 24.2. The van der Waals surface area contributed by atoms with E-state index in [0.717, 1.165) is 64.3 Å². The van der Waals surface area contributed by atoms with Crippen molar-refractivity contribution in [2.24, 2.45) is 5.92 Å². The van der Waals surface area contributed by atoms with E-state index in [4.69, 9.17) is 0 Å². The molecule has 2 aliphatic heterocycles. The summed E-state index contributed by atoms with van der Waals surface area (Å²) in [5, 5.41) is 6.66. The van der Waals surface area contributed by atoms with Crippen molar-refractivity contribution in [3.8, 4) is 0 Å². The Hall–Kier alpha value is -0.810. The lowest BCUT2D eigenvalue weighted by molar-refractivity contribution is -0.122. The summed E-state index contributed by atoms with van der Waals surface area (Å²) in [7, 11) is 0. The molecule has 1 aromatic rings. The van der Waals surface area contributed by atoms with Crippen LogP contribution < -0.4 is 10.6 Å². The number of piperidine rings is 2. The molecule has 1 amide bonds. The number of nitrogens with one attached hydrogen (secondary N) is 2. The predicted octanol–water partition coefficient (Wildman–Crippen LogP) is 3.43. The fourth-order valence-electron chi connectivity index (χ4n) is 4.04. The summed E-state index contributed by atoms with van der Waals surface area (Å²) in [4.78, 5) is 14.7. The Morgan fingerprint density at radius 3 is 2.37 bits per heavy atom. The minimum atomic E-state index is 0. The van der Waals surface area contributed by atoms with Crippen LogP contribution in [-0.2, 0) is 11.2 Å². The van der Waals surface area contributed by atoms with Crippen molar-refractivity contribution >= 4 is 30.7 Å². The molecule has 0 radical (unpaired) electrons. The zero-order chi connectivity index (χ0) is 17.3. The highest BCUT2D eigenvalue weighted by Gasteiger charge is 2.21. The Labute approximate surface area is 176 Å². The molecule has 6 heteroatoms. The van der Waals surface area contributed by atoms with Crippen LogP contribution in [0.2, 0.25) is 0 Å². The fraction of sp³-hybridized carbons (Fsp3) is 0.667. The van der Waals surface area contributed by atoms with Gasteiger partial charge >= 0.3 is 0 Å². The van der Waals surface area contributed by atoms with Crippen molar-refractivity contribution in [1.29, 1.82) is 0 Å². The van der Waals surface area contributed by atoms with E-state index in [2.05, 4.69) is 45.9 Å². The minimum absolute atomic E-state index is 0. The first-order valence-electron chi connectivity index (χ1n) is 10.1. The van der Waals surface area contributed by atoms with Crippen LogP contribution in [0.4, 0.5) is 0 Å². The van der Waals surface area contributed by atoms with Crippen LogP contribution in [0, 0.1) is 5.92 Å². The lowest BCUT2D eigenvalue weighted by atomic mass is 9.93. The number of benzene rings is 1. The maximum Gasteiger partial charge on any atom is 0.220 e. The summed E-state index contributed by atoms with van der Waals surface area (Å²) in [5.74, 6) is 1.01. The Morgan fingerprint density at radius 2 is 1.70 bits per heavy atom. The SMILES string of the molecule is Cl.Cl.O=C(CCC1CCNCC1)NC1CCN(CCc2ccccc2)CC1. The van der Waals surface area contributed by atoms with Crippen molar-refractivity contribution < 1.29 is 4.79 Å². The summed E-state index contributed by atoms with van der Waals surface area (Å²) >= 11 is 0. The van der Waals surface area contributed by atoms with E-state index in [9.17, 15) is 4.79 Å². The second-order valence-corrected chi connectivity index (χ2v) is 7.65. The summed E-state index contributed by atoms with van der Waals surface area (Å²) in [6.45, 7) is 5.57. The summed E-state index contributed by atoms with van der Waals surface area (Å²) in [5.41, 5.74) is 1.41. The molecule has 0 spiro atoms. The van der Waals surface area contributed by atoms with Gasteiger partial charge < -0.3 is 15.5 Å². The van der Waals surface area contributed by atoms with Gasteiger partial charge in [-0.25, -0.2) is 0 Å². The largest absolute Gasteiger partial charge is 0.353 e. The first-order chi connectivity index (χ1) is 12.3. The Balaban J connectivity index is 0.00000182. The quantitative estimate of drug-likeness (QED) is 0.716. The molecule has 2 heterocycles. The average Bonchev–Trinajstić information content (AvgIpc) is 2.67. The topological polar surface area (TPSA) is 44.4 Å². The maximum absolute atomic E-state index is 12.2. The van der Waals surface area contributed by atoms with Crippen molar-refractivity contribution in [1.82, 2.24) is 15.5 Å². The normalized spacial score (nSPS) is 19.0. The van der Waals surface area contributed by atoms with Gasteiger partial charge in [-0.05, 0) is 63.1 Å². The second-order valence-electron chi connectivity index (χ2n) is 7.65. The van der Waals surface area contributed by atoms with Gasteiger partial charge in [0.1, 0.15) is 0 Å². The second kappa shape index (κ2) is 13.4. The molecule has 2 aliphatic rings. The van der Waals surface area contributed by atoms with Gasteiger partial charge in [0.25, 0.3) is 0 Å². The highest BCUT2D eigenvalue weighted by Crippen LogP contribution is 2.18. The zero-order valence-electron chi connectivity index (χ0n) is 16.2. The Morgan fingerprint density at radius 1 is 1.04 bits per heavy atom. The first-order valence-corrected chi connectivity index (χ1v) is 10.1. The molecule has 0 atom stereocenters. The number of likely N-dealkylation sites (tertiary alicyclic amines) is 1. The van der Waals surface area contributed by atoms with Gasteiger partial charge in [-0.3, -0.25) is 4.79 Å². The number of carbonyl (C=O) groups is 1. The predicted molar refractivity (Wildman–Crippen MR) is 117 cm³/mol. The molecule has 154 valence electrons. The minimum Gasteiger partial charge on any atom is -0.353 e. The molecule has 0 saturated carbocycles. The van der Waals surface area contributed by atoms with Crippen molar-refractivity contribution in [2.75, 3.05) is 32.7 Å². The van der Waals surface area contributed by atoms with Crippen LogP contribution in [0.25, 0.3) is 0 Å². The summed E-state index contributed by atoms with van der Waals surface area (Å²) in [6, 6.07) is 11.1. The molecular weight excluding hydrogens is 381 g/mol. The van der Waals surface area contributed by atoms with E-state index in [0.29, 0.717) is 12.5 Å². The third-order valence-electron chi connectivity index (χ3n) is 5.75. The molecular formula is C21H35Cl2N3O. The third-order valence-corrected chi connectivity index (χ3v) is 5.75. The number of carbonyl (C=O) groups excluding carboxylic acids is 1. The van der Waals surface area contributed by atoms with E-state index in [1.165, 1.54) is 18.4 Å². The molecule has 0 bridgehead atoms. The summed E-state index contributed by atoms with van der Waals surface area (Å²) in [6.07, 6.45) is 7.53. The van der Waals surface area contributed by atoms with E-state index < -0.39 is 0 Å². The maximum atomic E-state index is 12.2. The number of hydrogen-bond acceptors (Lipinski definition) is 3. The zero-order valence-corrected chi connectivity index (χ0v) is 17.8. The molecule has 3 rings (SSSR count). The smallest absolute Gasteiger partial charge is 0.220 e. The van der Waals surface area contributed by atoms with Gasteiger partial charge in [-0.2, -0.15) is 0 Å². The molecule has 0 aliphatic carbocycles. The van der Waals surface area contributed by atoms with Crippen LogP contribution in [0.15, 0.2) is 30.3 Å². The van der Waals surface area contributed by atoms with Gasteiger partial charge in [0.05, 0.1) is 0 Å². The Kier molecular flexibility index (Phi) is 12.0. The number of halogens is 2. The molecule has 2 fully saturated rings. The lowest BCUT2D eigenvalue weighted by Crippen LogP contribution is -2.45. The van der Waals surface area contributed by atoms with Gasteiger partial charge in [-0.15, -0.1) is 24.8 Å². The van der Waals surface area contributed by atoms with Crippen LogP contribution in [0.5, 0.6) is 0 Å². The van der Waals surface area contributed by atoms with E-state index >= 15 is 0 Å². The van der Waals surface area contributed by atoms with Gasteiger partial charge in [-0.1, -0.05) is 30.3 Å². The molecule has 1 aromatic carbocycles. The standard InChI is InChI=1S/C21H33N3O.2ClH/c25-21(7-6-19-8-13-22-14-9-19)23-20-11-16-24(17-12-20)15-10-18-4-2-1-3-5-18;;/h1-5,19-20,22H,6-17H2,(H,23,25);2*1H. The third kappa shape index (κ3) is 8.82. The molecule has 4 nitrogen and oxygen atoms in total. The monoisotopic (exact) mass is 415 g/mol. The van der Waals surface area contributed by atoms with Gasteiger partial charge in [0.2, 0.25) is 5.91 Å². The van der Waals surface area contributed by atoms with Crippen LogP contribution in [0.1, 0.15) is 44.1 Å². The number of hydrogen-bond donors (Lipinski definition) is 2. The van der Waals surface area contributed by atoms with E-state index in [-0.39, 0.29) is 30.7 Å². The highest BCUT2D eigenvalue weighted by atomic mass is 35.5. The number of rotatable bonds is 7. The van der Waals surface area contributed by atoms with E-state index in [1.54, 1.807) is 0 Å². The van der Waals surface area contributed by atoms with Crippen molar-refractivity contribution in [3.63, 3.8) is 0 Å². The lowest BCUT2D eigenvalue weighted by Gasteiger charge is -2.32. The van der Waals surface area contributed by atoms with Gasteiger partial charge in [0, 0.05) is 32.1 Å². The molecule has 0 unspecified atom stereocenters. The highest BCUT2D eigenvalue weighted by molar-refractivity contribution is 5.85. The van der Waals surface area contributed by atoms with Crippen LogP contribution >= 0.6 is 24.8 Å². The van der Waals surface area contributed by atoms with Crippen molar-refractivity contribution in [2.45, 2.75) is 51.0 Å². The van der Waals surface area contributed by atoms with Crippen LogP contribution in [-0.4, -0.2) is 49.6 Å². The molecule has 27 heavy (non-hydrogen) atoms.